The van der Waals surface area contributed by atoms with Crippen LogP contribution in [-0.2, 0) is 18.0 Å². The summed E-state index contributed by atoms with van der Waals surface area (Å²) in [7, 11) is 0. The lowest BCUT2D eigenvalue weighted by Gasteiger charge is -2.37. The monoisotopic (exact) mass is 287 g/mol. The fraction of sp³-hybridized carbons (Fsp3) is 0.684. The van der Waals surface area contributed by atoms with Crippen LogP contribution in [0.25, 0.3) is 0 Å². The lowest BCUT2D eigenvalue weighted by atomic mass is 9.72. The molecule has 2 nitrogen and oxygen atoms in total. The van der Waals surface area contributed by atoms with E-state index in [1.807, 2.05) is 0 Å². The standard InChI is InChI=1S/C19H29NO/c1-4-20-19(17-8-13(2)7-14(3)9-17)15-5-6-16-11-21-12-18(16)10-15/h5-6,10,13-14,17,19-20H,4,7-9,11-12H2,1-3H3. The molecule has 1 aromatic rings. The molecule has 0 bridgehead atoms. The fourth-order valence-electron chi connectivity index (χ4n) is 4.44. The van der Waals surface area contributed by atoms with Crippen molar-refractivity contribution in [2.24, 2.45) is 17.8 Å². The molecular formula is C19H29NO. The first-order valence-corrected chi connectivity index (χ1v) is 8.60. The van der Waals surface area contributed by atoms with Gasteiger partial charge in [-0.2, -0.15) is 0 Å². The first-order chi connectivity index (χ1) is 10.2. The van der Waals surface area contributed by atoms with Crippen molar-refractivity contribution in [3.05, 3.63) is 34.9 Å². The highest BCUT2D eigenvalue weighted by molar-refractivity contribution is 5.35. The molecule has 116 valence electrons. The maximum atomic E-state index is 5.57. The summed E-state index contributed by atoms with van der Waals surface area (Å²) in [6.07, 6.45) is 4.11. The molecule has 0 spiro atoms. The van der Waals surface area contributed by atoms with Gasteiger partial charge in [0.25, 0.3) is 0 Å². The van der Waals surface area contributed by atoms with Gasteiger partial charge in [0, 0.05) is 6.04 Å². The lowest BCUT2D eigenvalue weighted by molar-refractivity contribution is 0.134. The number of fused-ring (bicyclic) bond motifs is 1. The molecule has 3 atom stereocenters. The van der Waals surface area contributed by atoms with Gasteiger partial charge < -0.3 is 10.1 Å². The Bertz CT molecular complexity index is 474. The van der Waals surface area contributed by atoms with Gasteiger partial charge in [-0.1, -0.05) is 39.0 Å². The highest BCUT2D eigenvalue weighted by atomic mass is 16.5. The van der Waals surface area contributed by atoms with E-state index in [-0.39, 0.29) is 0 Å². The Labute approximate surface area is 129 Å². The Morgan fingerprint density at radius 1 is 1.10 bits per heavy atom. The maximum Gasteiger partial charge on any atom is 0.0725 e. The molecule has 2 heteroatoms. The predicted octanol–water partition coefficient (Wildman–Crippen LogP) is 4.44. The summed E-state index contributed by atoms with van der Waals surface area (Å²) >= 11 is 0. The van der Waals surface area contributed by atoms with Gasteiger partial charge >= 0.3 is 0 Å². The molecule has 21 heavy (non-hydrogen) atoms. The average Bonchev–Trinajstić information content (AvgIpc) is 2.91. The summed E-state index contributed by atoms with van der Waals surface area (Å²) in [6.45, 7) is 9.68. The van der Waals surface area contributed by atoms with Gasteiger partial charge in [-0.05, 0) is 60.3 Å². The number of benzene rings is 1. The third-order valence-corrected chi connectivity index (χ3v) is 5.21. The van der Waals surface area contributed by atoms with Crippen LogP contribution in [0.2, 0.25) is 0 Å². The highest BCUT2D eigenvalue weighted by Gasteiger charge is 2.31. The molecule has 1 aliphatic heterocycles. The van der Waals surface area contributed by atoms with Gasteiger partial charge in [0.05, 0.1) is 13.2 Å². The molecule has 1 N–H and O–H groups in total. The van der Waals surface area contributed by atoms with Crippen molar-refractivity contribution >= 4 is 0 Å². The Hall–Kier alpha value is -0.860. The van der Waals surface area contributed by atoms with Crippen molar-refractivity contribution < 1.29 is 4.74 Å². The Morgan fingerprint density at radius 2 is 1.81 bits per heavy atom. The summed E-state index contributed by atoms with van der Waals surface area (Å²) in [5, 5.41) is 3.76. The van der Waals surface area contributed by atoms with E-state index in [1.165, 1.54) is 36.0 Å². The van der Waals surface area contributed by atoms with Gasteiger partial charge in [-0.15, -0.1) is 0 Å². The molecule has 0 saturated heterocycles. The van der Waals surface area contributed by atoms with Crippen LogP contribution in [0.4, 0.5) is 0 Å². The minimum atomic E-state index is 0.506. The van der Waals surface area contributed by atoms with Crippen LogP contribution < -0.4 is 5.32 Å². The largest absolute Gasteiger partial charge is 0.372 e. The molecule has 1 fully saturated rings. The van der Waals surface area contributed by atoms with Crippen molar-refractivity contribution in [2.45, 2.75) is 59.3 Å². The maximum absolute atomic E-state index is 5.57. The van der Waals surface area contributed by atoms with E-state index in [4.69, 9.17) is 4.74 Å². The zero-order chi connectivity index (χ0) is 14.8. The van der Waals surface area contributed by atoms with Crippen LogP contribution in [0.15, 0.2) is 18.2 Å². The number of ether oxygens (including phenoxy) is 1. The van der Waals surface area contributed by atoms with E-state index in [0.717, 1.165) is 37.5 Å². The Morgan fingerprint density at radius 3 is 2.52 bits per heavy atom. The second-order valence-electron chi connectivity index (χ2n) is 7.23. The molecule has 0 amide bonds. The highest BCUT2D eigenvalue weighted by Crippen LogP contribution is 2.40. The van der Waals surface area contributed by atoms with Crippen LogP contribution in [0, 0.1) is 17.8 Å². The van der Waals surface area contributed by atoms with Crippen LogP contribution in [-0.4, -0.2) is 6.54 Å². The number of hydrogen-bond donors (Lipinski definition) is 1. The van der Waals surface area contributed by atoms with E-state index in [0.29, 0.717) is 6.04 Å². The summed E-state index contributed by atoms with van der Waals surface area (Å²) in [6, 6.07) is 7.49. The lowest BCUT2D eigenvalue weighted by Crippen LogP contribution is -2.33. The number of hydrogen-bond acceptors (Lipinski definition) is 2. The van der Waals surface area contributed by atoms with Crippen molar-refractivity contribution in [1.29, 1.82) is 0 Å². The number of rotatable bonds is 4. The molecule has 1 saturated carbocycles. The van der Waals surface area contributed by atoms with Crippen molar-refractivity contribution in [3.8, 4) is 0 Å². The Balaban J connectivity index is 1.83. The second kappa shape index (κ2) is 6.50. The third-order valence-electron chi connectivity index (χ3n) is 5.21. The van der Waals surface area contributed by atoms with E-state index >= 15 is 0 Å². The predicted molar refractivity (Wildman–Crippen MR) is 87.0 cm³/mol. The fourth-order valence-corrected chi connectivity index (χ4v) is 4.44. The van der Waals surface area contributed by atoms with Gasteiger partial charge in [0.15, 0.2) is 0 Å². The van der Waals surface area contributed by atoms with Gasteiger partial charge in [0.1, 0.15) is 0 Å². The third kappa shape index (κ3) is 3.32. The van der Waals surface area contributed by atoms with Gasteiger partial charge in [-0.25, -0.2) is 0 Å². The first-order valence-electron chi connectivity index (χ1n) is 8.60. The first kappa shape index (κ1) is 15.1. The average molecular weight is 287 g/mol. The van der Waals surface area contributed by atoms with Crippen LogP contribution >= 0.6 is 0 Å². The molecule has 1 aliphatic carbocycles. The molecule has 2 aliphatic rings. The van der Waals surface area contributed by atoms with Crippen LogP contribution in [0.3, 0.4) is 0 Å². The molecular weight excluding hydrogens is 258 g/mol. The normalized spacial score (nSPS) is 30.1. The summed E-state index contributed by atoms with van der Waals surface area (Å²) in [5.41, 5.74) is 4.24. The SMILES string of the molecule is CCNC(c1ccc2c(c1)COC2)C1CC(C)CC(C)C1. The molecule has 0 radical (unpaired) electrons. The molecule has 1 heterocycles. The van der Waals surface area contributed by atoms with Gasteiger partial charge in [0.2, 0.25) is 0 Å². The zero-order valence-corrected chi connectivity index (χ0v) is 13.7. The van der Waals surface area contributed by atoms with Gasteiger partial charge in [-0.3, -0.25) is 0 Å². The van der Waals surface area contributed by atoms with Crippen LogP contribution in [0.1, 0.15) is 62.8 Å². The zero-order valence-electron chi connectivity index (χ0n) is 13.7. The number of nitrogens with one attached hydrogen (secondary N) is 1. The van der Waals surface area contributed by atoms with Crippen LogP contribution in [0.5, 0.6) is 0 Å². The van der Waals surface area contributed by atoms with E-state index in [1.54, 1.807) is 0 Å². The summed E-state index contributed by atoms with van der Waals surface area (Å²) in [4.78, 5) is 0. The minimum Gasteiger partial charge on any atom is -0.372 e. The topological polar surface area (TPSA) is 21.3 Å². The molecule has 3 rings (SSSR count). The summed E-state index contributed by atoms with van der Waals surface area (Å²) in [5.74, 6) is 2.49. The quantitative estimate of drug-likeness (QED) is 0.884. The smallest absolute Gasteiger partial charge is 0.0725 e. The molecule has 3 unspecified atom stereocenters. The molecule has 0 aromatic heterocycles. The minimum absolute atomic E-state index is 0.506. The van der Waals surface area contributed by atoms with Crippen molar-refractivity contribution in [1.82, 2.24) is 5.32 Å². The second-order valence-corrected chi connectivity index (χ2v) is 7.23. The summed E-state index contributed by atoms with van der Waals surface area (Å²) < 4.78 is 5.57. The van der Waals surface area contributed by atoms with E-state index in [9.17, 15) is 0 Å². The van der Waals surface area contributed by atoms with Crippen molar-refractivity contribution in [2.75, 3.05) is 6.54 Å². The van der Waals surface area contributed by atoms with Crippen molar-refractivity contribution in [3.63, 3.8) is 0 Å². The van der Waals surface area contributed by atoms with E-state index < -0.39 is 0 Å². The van der Waals surface area contributed by atoms with E-state index in [2.05, 4.69) is 44.3 Å². The Kier molecular flexibility index (Phi) is 4.66. The molecule has 1 aromatic carbocycles.